The molecule has 0 saturated carbocycles. The molecule has 0 aliphatic rings. The van der Waals surface area contributed by atoms with E-state index >= 15 is 0 Å². The maximum atomic E-state index is 5.36. The van der Waals surface area contributed by atoms with E-state index < -0.39 is 11.4 Å². The molecule has 0 saturated heterocycles. The van der Waals surface area contributed by atoms with Gasteiger partial charge in [-0.1, -0.05) is 18.2 Å². The molecule has 0 unspecified atom stereocenters. The van der Waals surface area contributed by atoms with Crippen molar-refractivity contribution in [2.45, 2.75) is 13.8 Å². The minimum absolute atomic E-state index is 0.492. The van der Waals surface area contributed by atoms with Crippen LogP contribution < -0.4 is 4.74 Å². The standard InChI is InChI=1S/C10H13O.Al.3ClH/c1-4-11-10-8(2)6-5-7-9(10)3;;;;/h5-7H,1,4H2,2-3H3;;3*1H/q;+3;;;/p-3. The van der Waals surface area contributed by atoms with Crippen LogP contribution in [0.5, 0.6) is 5.75 Å². The van der Waals surface area contributed by atoms with Gasteiger partial charge in [0, 0.05) is 0 Å². The van der Waals surface area contributed by atoms with Crippen molar-refractivity contribution in [2.75, 3.05) is 6.61 Å². The zero-order chi connectivity index (χ0) is 11.8. The molecule has 1 aromatic rings. The maximum Gasteiger partial charge on any atom is 0.643 e. The Labute approximate surface area is 108 Å². The van der Waals surface area contributed by atoms with Gasteiger partial charge in [-0.15, -0.1) is 0 Å². The summed E-state index contributed by atoms with van der Waals surface area (Å²) in [6, 6.07) is 6.11. The molecule has 0 spiro atoms. The molecule has 0 aromatic heterocycles. The summed E-state index contributed by atoms with van der Waals surface area (Å²) >= 11 is -1.72. The van der Waals surface area contributed by atoms with Gasteiger partial charge in [0.2, 0.25) is 0 Å². The summed E-state index contributed by atoms with van der Waals surface area (Å²) in [4.78, 5) is 0. The van der Waals surface area contributed by atoms with Crippen molar-refractivity contribution in [3.05, 3.63) is 36.2 Å². The molecule has 0 fully saturated rings. The zero-order valence-electron chi connectivity index (χ0n) is 8.77. The SMILES string of the molecule is [CH2]COc1c(C)cccc1C.[Cl][Al]([Cl])[Cl]. The number of hydrogen-bond donors (Lipinski definition) is 0. The van der Waals surface area contributed by atoms with Gasteiger partial charge >= 0.3 is 11.4 Å². The van der Waals surface area contributed by atoms with Crippen molar-refractivity contribution < 1.29 is 4.74 Å². The lowest BCUT2D eigenvalue weighted by molar-refractivity contribution is 0.356. The average Bonchev–Trinajstić information content (AvgIpc) is 2.11. The largest absolute Gasteiger partial charge is 0.643 e. The quantitative estimate of drug-likeness (QED) is 0.739. The third kappa shape index (κ3) is 7.33. The molecule has 0 N–H and O–H groups in total. The van der Waals surface area contributed by atoms with Crippen LogP contribution in [0, 0.1) is 20.8 Å². The zero-order valence-corrected chi connectivity index (χ0v) is 12.2. The van der Waals surface area contributed by atoms with Gasteiger partial charge in [0.15, 0.2) is 0 Å². The lowest BCUT2D eigenvalue weighted by Crippen LogP contribution is -1.96. The van der Waals surface area contributed by atoms with Crippen molar-refractivity contribution in [3.8, 4) is 5.75 Å². The Morgan fingerprint density at radius 2 is 1.60 bits per heavy atom. The Balaban J connectivity index is 0.000000423. The number of benzene rings is 1. The summed E-state index contributed by atoms with van der Waals surface area (Å²) in [6.45, 7) is 8.21. The van der Waals surface area contributed by atoms with E-state index in [2.05, 4.69) is 6.92 Å². The molecule has 15 heavy (non-hydrogen) atoms. The number of hydrogen-bond acceptors (Lipinski definition) is 1. The van der Waals surface area contributed by atoms with E-state index in [9.17, 15) is 0 Å². The first kappa shape index (κ1) is 15.4. The van der Waals surface area contributed by atoms with Crippen molar-refractivity contribution in [1.82, 2.24) is 0 Å². The lowest BCUT2D eigenvalue weighted by Gasteiger charge is -2.08. The summed E-state index contributed by atoms with van der Waals surface area (Å²) in [5.41, 5.74) is 2.35. The Morgan fingerprint density at radius 1 is 1.20 bits per heavy atom. The van der Waals surface area contributed by atoms with Crippen LogP contribution in [0.3, 0.4) is 0 Å². The highest BCUT2D eigenvalue weighted by molar-refractivity contribution is 7.54. The minimum Gasteiger partial charge on any atom is -0.493 e. The van der Waals surface area contributed by atoms with E-state index in [1.165, 1.54) is 11.1 Å². The van der Waals surface area contributed by atoms with Crippen LogP contribution in [-0.4, -0.2) is 18.0 Å². The molecule has 5 heteroatoms. The van der Waals surface area contributed by atoms with Crippen molar-refractivity contribution in [3.63, 3.8) is 0 Å². The molecule has 1 aromatic carbocycles. The van der Waals surface area contributed by atoms with Crippen molar-refractivity contribution in [2.24, 2.45) is 0 Å². The second-order valence-electron chi connectivity index (χ2n) is 2.82. The summed E-state index contributed by atoms with van der Waals surface area (Å²) < 4.78 is 5.36. The molecule has 0 aliphatic heterocycles. The van der Waals surface area contributed by atoms with Crippen LogP contribution in [-0.2, 0) is 0 Å². The summed E-state index contributed by atoms with van der Waals surface area (Å²) in [7, 11) is 14.8. The van der Waals surface area contributed by atoms with Gasteiger partial charge in [-0.2, -0.15) is 0 Å². The number of aryl methyl sites for hydroxylation is 2. The van der Waals surface area contributed by atoms with Crippen LogP contribution in [0.4, 0.5) is 0 Å². The van der Waals surface area contributed by atoms with Crippen molar-refractivity contribution in [1.29, 1.82) is 0 Å². The predicted octanol–water partition coefficient (Wildman–Crippen LogP) is 4.20. The molecule has 0 aliphatic carbocycles. The fraction of sp³-hybridized carbons (Fsp3) is 0.300. The number of rotatable bonds is 2. The van der Waals surface area contributed by atoms with E-state index in [0.29, 0.717) is 6.61 Å². The van der Waals surface area contributed by atoms with Crippen LogP contribution in [0.1, 0.15) is 11.1 Å². The summed E-state index contributed by atoms with van der Waals surface area (Å²) in [6.07, 6.45) is 0. The molecule has 1 radical (unpaired) electrons. The van der Waals surface area contributed by atoms with Gasteiger partial charge in [0.25, 0.3) is 0 Å². The van der Waals surface area contributed by atoms with Gasteiger partial charge in [-0.05, 0) is 31.9 Å². The van der Waals surface area contributed by atoms with Crippen LogP contribution >= 0.6 is 30.1 Å². The minimum atomic E-state index is -1.72. The highest BCUT2D eigenvalue weighted by Gasteiger charge is 2.00. The molecule has 0 heterocycles. The topological polar surface area (TPSA) is 9.23 Å². The molecule has 1 nitrogen and oxygen atoms in total. The van der Waals surface area contributed by atoms with E-state index in [1.807, 2.05) is 32.0 Å². The fourth-order valence-electron chi connectivity index (χ4n) is 1.13. The van der Waals surface area contributed by atoms with E-state index in [-0.39, 0.29) is 0 Å². The molecule has 1 rings (SSSR count). The summed E-state index contributed by atoms with van der Waals surface area (Å²) in [5.74, 6) is 0.975. The van der Waals surface area contributed by atoms with E-state index in [4.69, 9.17) is 34.9 Å². The van der Waals surface area contributed by atoms with Crippen molar-refractivity contribution >= 4 is 41.5 Å². The Hall–Kier alpha value is 0.422. The number of para-hydroxylation sites is 1. The van der Waals surface area contributed by atoms with Crippen LogP contribution in [0.2, 0.25) is 0 Å². The second-order valence-corrected chi connectivity index (χ2v) is 9.25. The molecule has 0 bridgehead atoms. The third-order valence-corrected chi connectivity index (χ3v) is 1.66. The molecular weight excluding hydrogens is 269 g/mol. The monoisotopic (exact) mass is 281 g/mol. The van der Waals surface area contributed by atoms with Gasteiger partial charge in [-0.25, -0.2) is 30.1 Å². The lowest BCUT2D eigenvalue weighted by atomic mass is 10.1. The molecule has 0 amide bonds. The maximum absolute atomic E-state index is 5.36. The number of ether oxygens (including phenoxy) is 1. The smallest absolute Gasteiger partial charge is 0.493 e. The molecular formula is C10H13AlCl3O. The third-order valence-electron chi connectivity index (χ3n) is 1.66. The van der Waals surface area contributed by atoms with Crippen LogP contribution in [0.25, 0.3) is 0 Å². The number of halogens is 3. The van der Waals surface area contributed by atoms with Gasteiger partial charge in [-0.3, -0.25) is 0 Å². The van der Waals surface area contributed by atoms with Gasteiger partial charge < -0.3 is 4.74 Å². The van der Waals surface area contributed by atoms with E-state index in [0.717, 1.165) is 5.75 Å². The predicted molar refractivity (Wildman–Crippen MR) is 70.1 cm³/mol. The molecule has 0 atom stereocenters. The Bertz CT molecular complexity index is 269. The highest BCUT2D eigenvalue weighted by Crippen LogP contribution is 2.21. The first-order valence-electron chi connectivity index (χ1n) is 4.39. The Kier molecular flexibility index (Phi) is 8.80. The second kappa shape index (κ2) is 8.56. The van der Waals surface area contributed by atoms with E-state index in [1.54, 1.807) is 0 Å². The summed E-state index contributed by atoms with van der Waals surface area (Å²) in [5, 5.41) is 0. The first-order chi connectivity index (χ1) is 6.99. The van der Waals surface area contributed by atoms with Gasteiger partial charge in [0.1, 0.15) is 5.75 Å². The van der Waals surface area contributed by atoms with Crippen LogP contribution in [0.15, 0.2) is 18.2 Å². The van der Waals surface area contributed by atoms with Gasteiger partial charge in [0.05, 0.1) is 6.61 Å². The normalized spacial score (nSPS) is 8.93. The first-order valence-corrected chi connectivity index (χ1v) is 9.63. The Morgan fingerprint density at radius 3 is 1.93 bits per heavy atom. The highest BCUT2D eigenvalue weighted by atomic mass is 35.8. The average molecular weight is 283 g/mol. The fourth-order valence-corrected chi connectivity index (χ4v) is 1.13. The molecule has 83 valence electrons.